The first-order valence-electron chi connectivity index (χ1n) is 9.95. The van der Waals surface area contributed by atoms with Crippen LogP contribution in [-0.2, 0) is 23.9 Å². The standard InChI is InChI=1S/C18H25F3N3O7PS2/c1-11-12-8-13(29-6-2-4-22)14(30-7-3-5-23)9-15(12)33-16(11)34(27,28)24-10-32(26)31-17(25)18(19,20)21/h8-9,24,32H,2-7,10,22-23H2,1H3. The summed E-state index contributed by atoms with van der Waals surface area (Å²) in [4.78, 5) is 10.8. The van der Waals surface area contributed by atoms with Gasteiger partial charge in [-0.3, -0.25) is 4.57 Å². The van der Waals surface area contributed by atoms with Crippen molar-refractivity contribution in [3.63, 3.8) is 0 Å². The first kappa shape index (κ1) is 28.3. The van der Waals surface area contributed by atoms with Gasteiger partial charge in [0.1, 0.15) is 4.21 Å². The summed E-state index contributed by atoms with van der Waals surface area (Å²) in [6, 6.07) is 3.25. The van der Waals surface area contributed by atoms with Crippen LogP contribution in [0, 0.1) is 6.92 Å². The number of carbonyl (C=O) groups is 1. The Kier molecular flexibility index (Phi) is 10.2. The molecular weight excluding hydrogens is 522 g/mol. The van der Waals surface area contributed by atoms with Crippen molar-refractivity contribution in [3.8, 4) is 11.5 Å². The molecule has 1 aromatic heterocycles. The molecule has 0 aliphatic rings. The second-order valence-corrected chi connectivity index (χ2v) is 11.2. The number of carbonyl (C=O) groups excluding carboxylic acids is 1. The van der Waals surface area contributed by atoms with Gasteiger partial charge in [0.05, 0.1) is 19.5 Å². The maximum absolute atomic E-state index is 12.7. The molecule has 16 heteroatoms. The number of hydrogen-bond donors (Lipinski definition) is 3. The largest absolute Gasteiger partial charge is 0.491 e. The molecule has 0 saturated carbocycles. The van der Waals surface area contributed by atoms with Crippen LogP contribution in [0.3, 0.4) is 0 Å². The lowest BCUT2D eigenvalue weighted by molar-refractivity contribution is -0.189. The SMILES string of the molecule is Cc1c(S(=O)(=O)NC[PH](=O)OC(=O)C(F)(F)F)sc2cc(OCCCN)c(OCCCN)cc12. The maximum atomic E-state index is 12.7. The molecule has 192 valence electrons. The third-order valence-electron chi connectivity index (χ3n) is 4.26. The number of nitrogens with one attached hydrogen (secondary N) is 1. The van der Waals surface area contributed by atoms with Crippen molar-refractivity contribution < 1.29 is 44.9 Å². The number of sulfonamides is 1. The van der Waals surface area contributed by atoms with Crippen LogP contribution < -0.4 is 25.7 Å². The van der Waals surface area contributed by atoms with Gasteiger partial charge in [-0.05, 0) is 44.5 Å². The molecule has 1 unspecified atom stereocenters. The molecule has 0 amide bonds. The van der Waals surface area contributed by atoms with Crippen LogP contribution in [0.2, 0.25) is 0 Å². The number of ether oxygens (including phenoxy) is 2. The fourth-order valence-corrected chi connectivity index (χ4v) is 6.74. The van der Waals surface area contributed by atoms with Crippen LogP contribution in [0.15, 0.2) is 16.3 Å². The van der Waals surface area contributed by atoms with E-state index in [2.05, 4.69) is 4.52 Å². The van der Waals surface area contributed by atoms with Crippen LogP contribution in [-0.4, -0.2) is 53.2 Å². The second kappa shape index (κ2) is 12.2. The van der Waals surface area contributed by atoms with Crippen LogP contribution in [0.5, 0.6) is 11.5 Å². The van der Waals surface area contributed by atoms with Crippen molar-refractivity contribution in [2.75, 3.05) is 32.6 Å². The molecule has 0 bridgehead atoms. The van der Waals surface area contributed by atoms with Crippen molar-refractivity contribution in [1.82, 2.24) is 4.72 Å². The lowest BCUT2D eigenvalue weighted by Crippen LogP contribution is -2.26. The first-order valence-corrected chi connectivity index (χ1v) is 13.8. The Labute approximate surface area is 198 Å². The number of nitrogens with two attached hydrogens (primary N) is 2. The summed E-state index contributed by atoms with van der Waals surface area (Å²) in [5.41, 5.74) is 11.3. The quantitative estimate of drug-likeness (QED) is 0.253. The van der Waals surface area contributed by atoms with Gasteiger partial charge in [0.25, 0.3) is 18.1 Å². The number of fused-ring (bicyclic) bond motifs is 1. The van der Waals surface area contributed by atoms with Gasteiger partial charge < -0.3 is 25.5 Å². The number of benzene rings is 1. The van der Waals surface area contributed by atoms with Crippen LogP contribution >= 0.6 is 19.4 Å². The van der Waals surface area contributed by atoms with Gasteiger partial charge in [-0.15, -0.1) is 11.3 Å². The predicted molar refractivity (Wildman–Crippen MR) is 121 cm³/mol. The summed E-state index contributed by atoms with van der Waals surface area (Å²) in [6.45, 7) is 3.00. The van der Waals surface area contributed by atoms with Crippen LogP contribution in [0.25, 0.3) is 10.1 Å². The van der Waals surface area contributed by atoms with E-state index in [1.54, 1.807) is 19.1 Å². The molecule has 0 saturated heterocycles. The van der Waals surface area contributed by atoms with E-state index in [-0.39, 0.29) is 4.21 Å². The normalized spacial score (nSPS) is 13.1. The zero-order chi connectivity index (χ0) is 25.5. The fourth-order valence-electron chi connectivity index (χ4n) is 2.63. The lowest BCUT2D eigenvalue weighted by Gasteiger charge is -2.13. The monoisotopic (exact) mass is 547 g/mol. The van der Waals surface area contributed by atoms with Crippen molar-refractivity contribution in [2.45, 2.75) is 30.2 Å². The minimum absolute atomic E-state index is 0.147. The number of halogens is 3. The van der Waals surface area contributed by atoms with E-state index in [1.807, 2.05) is 4.72 Å². The Morgan fingerprint density at radius 2 is 1.68 bits per heavy atom. The highest BCUT2D eigenvalue weighted by atomic mass is 32.2. The average Bonchev–Trinajstić information content (AvgIpc) is 3.08. The van der Waals surface area contributed by atoms with E-state index < -0.39 is 36.5 Å². The smallest absolute Gasteiger partial charge is 0.490 e. The molecule has 2 rings (SSSR count). The number of rotatable bonds is 13. The van der Waals surface area contributed by atoms with Crippen molar-refractivity contribution in [3.05, 3.63) is 17.7 Å². The maximum Gasteiger partial charge on any atom is 0.491 e. The summed E-state index contributed by atoms with van der Waals surface area (Å²) < 4.78 is 91.3. The van der Waals surface area contributed by atoms with Gasteiger partial charge >= 0.3 is 12.1 Å². The van der Waals surface area contributed by atoms with Crippen molar-refractivity contribution in [1.29, 1.82) is 0 Å². The number of thiophene rings is 1. The van der Waals surface area contributed by atoms with Gasteiger partial charge in [-0.1, -0.05) is 0 Å². The fraction of sp³-hybridized carbons (Fsp3) is 0.500. The summed E-state index contributed by atoms with van der Waals surface area (Å²) in [5, 5.41) is 0.551. The minimum atomic E-state index is -5.34. The van der Waals surface area contributed by atoms with Gasteiger partial charge in [-0.25, -0.2) is 13.2 Å². The molecular formula is C18H25F3N3O7PS2. The molecule has 1 heterocycles. The molecule has 2 aromatic rings. The molecule has 10 nitrogen and oxygen atoms in total. The highest BCUT2D eigenvalue weighted by Gasteiger charge is 2.42. The highest BCUT2D eigenvalue weighted by molar-refractivity contribution is 7.92. The molecule has 0 aliphatic carbocycles. The zero-order valence-electron chi connectivity index (χ0n) is 18.1. The molecule has 34 heavy (non-hydrogen) atoms. The molecule has 1 aromatic carbocycles. The molecule has 1 atom stereocenters. The second-order valence-electron chi connectivity index (χ2n) is 6.87. The predicted octanol–water partition coefficient (Wildman–Crippen LogP) is 2.48. The Morgan fingerprint density at radius 3 is 2.21 bits per heavy atom. The lowest BCUT2D eigenvalue weighted by atomic mass is 10.2. The first-order chi connectivity index (χ1) is 15.9. The third kappa shape index (κ3) is 7.55. The van der Waals surface area contributed by atoms with Crippen molar-refractivity contribution in [2.24, 2.45) is 11.5 Å². The van der Waals surface area contributed by atoms with Gasteiger partial charge in [0, 0.05) is 16.2 Å². The molecule has 0 radical (unpaired) electrons. The molecule has 0 spiro atoms. The molecule has 0 aliphatic heterocycles. The van der Waals surface area contributed by atoms with Crippen molar-refractivity contribution >= 4 is 45.4 Å². The van der Waals surface area contributed by atoms with E-state index in [0.29, 0.717) is 66.3 Å². The number of hydrogen-bond acceptors (Lipinski definition) is 10. The zero-order valence-corrected chi connectivity index (χ0v) is 20.7. The Bertz CT molecular complexity index is 1140. The third-order valence-corrected chi connectivity index (χ3v) is 8.67. The van der Waals surface area contributed by atoms with Gasteiger partial charge in [-0.2, -0.15) is 17.9 Å². The topological polar surface area (TPSA) is 160 Å². The van der Waals surface area contributed by atoms with E-state index in [4.69, 9.17) is 20.9 Å². The summed E-state index contributed by atoms with van der Waals surface area (Å²) >= 11 is 0.882. The average molecular weight is 548 g/mol. The van der Waals surface area contributed by atoms with E-state index in [9.17, 15) is 30.9 Å². The summed E-state index contributed by atoms with van der Waals surface area (Å²) in [5.74, 6) is -1.88. The number of alkyl halides is 3. The van der Waals surface area contributed by atoms with E-state index in [0.717, 1.165) is 11.3 Å². The Hall–Kier alpha value is -1.90. The van der Waals surface area contributed by atoms with Crippen LogP contribution in [0.1, 0.15) is 18.4 Å². The minimum Gasteiger partial charge on any atom is -0.490 e. The van der Waals surface area contributed by atoms with Gasteiger partial charge in [0.15, 0.2) is 11.5 Å². The highest BCUT2D eigenvalue weighted by Crippen LogP contribution is 2.41. The molecule has 0 fully saturated rings. The summed E-state index contributed by atoms with van der Waals surface area (Å²) in [6.07, 6.45) is -5.14. The van der Waals surface area contributed by atoms with Crippen LogP contribution in [0.4, 0.5) is 13.2 Å². The Morgan fingerprint density at radius 1 is 1.12 bits per heavy atom. The van der Waals surface area contributed by atoms with Gasteiger partial charge in [0.2, 0.25) is 0 Å². The Balaban J connectivity index is 2.28. The van der Waals surface area contributed by atoms with E-state index in [1.165, 1.54) is 0 Å². The number of aryl methyl sites for hydroxylation is 1. The molecule has 5 N–H and O–H groups in total. The summed E-state index contributed by atoms with van der Waals surface area (Å²) in [7, 11) is -7.94. The van der Waals surface area contributed by atoms with E-state index >= 15 is 0 Å².